The summed E-state index contributed by atoms with van der Waals surface area (Å²) in [5.41, 5.74) is 18.3. The van der Waals surface area contributed by atoms with Crippen molar-refractivity contribution in [2.45, 2.75) is 19.3 Å². The van der Waals surface area contributed by atoms with Gasteiger partial charge >= 0.3 is 0 Å². The molecule has 0 unspecified atom stereocenters. The van der Waals surface area contributed by atoms with Gasteiger partial charge < -0.3 is 13.9 Å². The molecule has 0 atom stereocenters. The van der Waals surface area contributed by atoms with Gasteiger partial charge in [-0.25, -0.2) is 0 Å². The van der Waals surface area contributed by atoms with Gasteiger partial charge in [-0.05, 0) is 112 Å². The molecular weight excluding hydrogens is 729 g/mol. The number of benzene rings is 9. The molecule has 2 heterocycles. The average molecular weight is 769 g/mol. The molecule has 0 aliphatic heterocycles. The smallest absolute Gasteiger partial charge is 0.143 e. The molecule has 12 rings (SSSR count). The fourth-order valence-electron chi connectivity index (χ4n) is 9.86. The van der Waals surface area contributed by atoms with Gasteiger partial charge in [0.25, 0.3) is 0 Å². The van der Waals surface area contributed by atoms with Crippen LogP contribution in [0.4, 0.5) is 17.1 Å². The van der Waals surface area contributed by atoms with E-state index in [9.17, 15) is 0 Å². The van der Waals surface area contributed by atoms with E-state index >= 15 is 0 Å². The van der Waals surface area contributed by atoms with Gasteiger partial charge in [-0.3, -0.25) is 0 Å². The zero-order valence-corrected chi connectivity index (χ0v) is 33.4. The third-order valence-corrected chi connectivity index (χ3v) is 12.8. The maximum Gasteiger partial charge on any atom is 0.143 e. The van der Waals surface area contributed by atoms with Crippen molar-refractivity contribution in [2.75, 3.05) is 4.90 Å². The van der Waals surface area contributed by atoms with Crippen molar-refractivity contribution in [3.8, 4) is 39.1 Å². The number of aromatic nitrogens is 1. The second kappa shape index (κ2) is 13.2. The molecule has 0 saturated carbocycles. The van der Waals surface area contributed by atoms with Crippen molar-refractivity contribution in [1.82, 2.24) is 4.57 Å². The number of hydrogen-bond acceptors (Lipinski definition) is 2. The molecule has 0 bridgehead atoms. The zero-order chi connectivity index (χ0) is 40.0. The summed E-state index contributed by atoms with van der Waals surface area (Å²) in [5.74, 6) is 0. The first-order chi connectivity index (χ1) is 29.5. The lowest BCUT2D eigenvalue weighted by Crippen LogP contribution is -2.16. The summed E-state index contributed by atoms with van der Waals surface area (Å²) in [6, 6.07) is 74.9. The quantitative estimate of drug-likeness (QED) is 0.168. The maximum absolute atomic E-state index is 6.82. The highest BCUT2D eigenvalue weighted by Gasteiger charge is 2.36. The Morgan fingerprint density at radius 2 is 1.03 bits per heavy atom. The Hall–Kier alpha value is -7.62. The van der Waals surface area contributed by atoms with Gasteiger partial charge in [0.1, 0.15) is 11.2 Å². The zero-order valence-electron chi connectivity index (χ0n) is 33.4. The van der Waals surface area contributed by atoms with Crippen LogP contribution in [0.5, 0.6) is 0 Å². The Morgan fingerprint density at radius 3 is 1.87 bits per heavy atom. The van der Waals surface area contributed by atoms with Crippen molar-refractivity contribution in [3.05, 3.63) is 217 Å². The maximum atomic E-state index is 6.82. The molecule has 60 heavy (non-hydrogen) atoms. The van der Waals surface area contributed by atoms with Crippen LogP contribution in [0.3, 0.4) is 0 Å². The molecule has 0 N–H and O–H groups in total. The van der Waals surface area contributed by atoms with E-state index in [0.717, 1.165) is 55.8 Å². The number of nitrogens with zero attached hydrogens (tertiary/aromatic N) is 2. The van der Waals surface area contributed by atoms with E-state index in [-0.39, 0.29) is 5.41 Å². The van der Waals surface area contributed by atoms with Crippen LogP contribution in [-0.4, -0.2) is 4.57 Å². The van der Waals surface area contributed by atoms with E-state index in [1.807, 2.05) is 0 Å². The van der Waals surface area contributed by atoms with Crippen LogP contribution in [0, 0.1) is 0 Å². The highest BCUT2D eigenvalue weighted by Crippen LogP contribution is 2.51. The predicted molar refractivity (Wildman–Crippen MR) is 251 cm³/mol. The highest BCUT2D eigenvalue weighted by molar-refractivity contribution is 6.14. The largest absolute Gasteiger partial charge is 0.455 e. The molecule has 11 aromatic rings. The van der Waals surface area contributed by atoms with Crippen molar-refractivity contribution >= 4 is 60.8 Å². The van der Waals surface area contributed by atoms with E-state index in [0.29, 0.717) is 0 Å². The Balaban J connectivity index is 1.10. The summed E-state index contributed by atoms with van der Waals surface area (Å²) in [7, 11) is 0. The summed E-state index contributed by atoms with van der Waals surface area (Å²) in [5, 5.41) is 4.61. The van der Waals surface area contributed by atoms with E-state index in [1.54, 1.807) is 0 Å². The fourth-order valence-corrected chi connectivity index (χ4v) is 9.86. The number of hydrogen-bond donors (Lipinski definition) is 0. The topological polar surface area (TPSA) is 21.3 Å². The molecule has 3 nitrogen and oxygen atoms in total. The molecular formula is C57H40N2O. The summed E-state index contributed by atoms with van der Waals surface area (Å²) in [6.07, 6.45) is 0. The second-order valence-corrected chi connectivity index (χ2v) is 16.5. The van der Waals surface area contributed by atoms with Crippen molar-refractivity contribution in [3.63, 3.8) is 0 Å². The van der Waals surface area contributed by atoms with Gasteiger partial charge in [0.15, 0.2) is 0 Å². The first-order valence-electron chi connectivity index (χ1n) is 20.8. The molecule has 0 amide bonds. The Bertz CT molecular complexity index is 3450. The molecule has 9 aromatic carbocycles. The lowest BCUT2D eigenvalue weighted by Gasteiger charge is -2.29. The Kier molecular flexibility index (Phi) is 7.58. The molecule has 1 aliphatic carbocycles. The summed E-state index contributed by atoms with van der Waals surface area (Å²) in [4.78, 5) is 2.43. The Labute approximate surface area is 349 Å². The van der Waals surface area contributed by atoms with E-state index in [4.69, 9.17) is 4.42 Å². The van der Waals surface area contributed by atoms with E-state index < -0.39 is 0 Å². The van der Waals surface area contributed by atoms with Gasteiger partial charge in [0.05, 0.1) is 11.0 Å². The van der Waals surface area contributed by atoms with Gasteiger partial charge in [0, 0.05) is 55.3 Å². The van der Waals surface area contributed by atoms with E-state index in [1.165, 1.54) is 55.2 Å². The van der Waals surface area contributed by atoms with Crippen LogP contribution in [-0.2, 0) is 5.41 Å². The van der Waals surface area contributed by atoms with Gasteiger partial charge in [0.2, 0.25) is 0 Å². The summed E-state index contributed by atoms with van der Waals surface area (Å²) in [6.45, 7) is 4.71. The predicted octanol–water partition coefficient (Wildman–Crippen LogP) is 15.8. The van der Waals surface area contributed by atoms with Crippen molar-refractivity contribution in [2.24, 2.45) is 0 Å². The van der Waals surface area contributed by atoms with Gasteiger partial charge in [-0.15, -0.1) is 0 Å². The minimum Gasteiger partial charge on any atom is -0.455 e. The highest BCUT2D eigenvalue weighted by atomic mass is 16.3. The summed E-state index contributed by atoms with van der Waals surface area (Å²) >= 11 is 0. The molecule has 0 fully saturated rings. The van der Waals surface area contributed by atoms with Gasteiger partial charge in [-0.2, -0.15) is 0 Å². The van der Waals surface area contributed by atoms with Crippen LogP contribution in [0.1, 0.15) is 25.0 Å². The Morgan fingerprint density at radius 1 is 0.400 bits per heavy atom. The van der Waals surface area contributed by atoms with Crippen LogP contribution >= 0.6 is 0 Å². The molecule has 2 aromatic heterocycles. The molecule has 3 heteroatoms. The van der Waals surface area contributed by atoms with Crippen LogP contribution < -0.4 is 4.90 Å². The molecule has 1 aliphatic rings. The lowest BCUT2D eigenvalue weighted by molar-refractivity contribution is 0.660. The summed E-state index contributed by atoms with van der Waals surface area (Å²) < 4.78 is 9.19. The molecule has 284 valence electrons. The number of furan rings is 1. The fraction of sp³-hybridized carbons (Fsp3) is 0.0526. The van der Waals surface area contributed by atoms with Gasteiger partial charge in [-0.1, -0.05) is 147 Å². The first-order valence-corrected chi connectivity index (χ1v) is 20.8. The van der Waals surface area contributed by atoms with Crippen molar-refractivity contribution < 1.29 is 4.42 Å². The number of fused-ring (bicyclic) bond motifs is 9. The third kappa shape index (κ3) is 5.22. The number of rotatable bonds is 6. The van der Waals surface area contributed by atoms with Crippen LogP contribution in [0.25, 0.3) is 82.8 Å². The van der Waals surface area contributed by atoms with Crippen LogP contribution in [0.2, 0.25) is 0 Å². The number of para-hydroxylation sites is 3. The normalized spacial score (nSPS) is 13.0. The SMILES string of the molecule is CC1(C)c2ccccc2-c2ccc(N(c3ccc(-c4ccccc4)cc3)c3cc(-c4ccc5c(c4)c4ccccc4n5-c4ccccc4)c4oc5ccccc5c4c3)cc21. The molecule has 0 saturated heterocycles. The van der Waals surface area contributed by atoms with Crippen LogP contribution in [0.15, 0.2) is 211 Å². The monoisotopic (exact) mass is 768 g/mol. The minimum absolute atomic E-state index is 0.144. The third-order valence-electron chi connectivity index (χ3n) is 12.8. The first kappa shape index (κ1) is 34.4. The molecule has 0 radical (unpaired) electrons. The average Bonchev–Trinajstić information content (AvgIpc) is 3.92. The minimum atomic E-state index is -0.144. The standard InChI is InChI=1S/C57H40N2O/c1-57(2)51-22-12-9-19-44(51)45-31-30-42(36-52(45)57)58(41-28-25-38(26-29-41)37-15-5-3-6-16-37)43-34-48(56-50(35-43)47-21-11-14-24-55(47)60-56)39-27-32-54-49(33-39)46-20-10-13-23-53(46)59(54)40-17-7-4-8-18-40/h3-36H,1-2H3. The van der Waals surface area contributed by atoms with E-state index in [2.05, 4.69) is 230 Å². The lowest BCUT2D eigenvalue weighted by atomic mass is 9.82. The second-order valence-electron chi connectivity index (χ2n) is 16.5. The molecule has 0 spiro atoms. The van der Waals surface area contributed by atoms with Crippen molar-refractivity contribution in [1.29, 1.82) is 0 Å². The number of anilines is 3.